The monoisotopic (exact) mass is 433 g/mol. The summed E-state index contributed by atoms with van der Waals surface area (Å²) in [6, 6.07) is 5.34. The molecule has 4 rings (SSSR count). The van der Waals surface area contributed by atoms with Gasteiger partial charge in [0.1, 0.15) is 12.6 Å². The van der Waals surface area contributed by atoms with E-state index in [1.54, 1.807) is 12.1 Å². The second kappa shape index (κ2) is 6.81. The Labute approximate surface area is 179 Å². The number of guanidine groups is 2. The van der Waals surface area contributed by atoms with Crippen LogP contribution in [0.1, 0.15) is 36.7 Å². The maximum Gasteiger partial charge on any atom is 0.346 e. The highest BCUT2D eigenvalue weighted by Crippen LogP contribution is 2.42. The van der Waals surface area contributed by atoms with Crippen LogP contribution >= 0.6 is 0 Å². The van der Waals surface area contributed by atoms with Crippen molar-refractivity contribution in [1.29, 1.82) is 0 Å². The molecule has 4 atom stereocenters. The smallest absolute Gasteiger partial charge is 0.346 e. The Morgan fingerprint density at radius 3 is 2.52 bits per heavy atom. The molecule has 1 saturated heterocycles. The highest BCUT2D eigenvalue weighted by molar-refractivity contribution is 5.89. The van der Waals surface area contributed by atoms with Crippen molar-refractivity contribution < 1.29 is 29.4 Å². The molecule has 1 aromatic carbocycles. The molecular weight excluding hydrogens is 404 g/mol. The molecular formula is C20H29N6O5+. The van der Waals surface area contributed by atoms with E-state index in [0.29, 0.717) is 0 Å². The van der Waals surface area contributed by atoms with E-state index in [-0.39, 0.29) is 36.0 Å². The molecule has 3 heterocycles. The first-order chi connectivity index (χ1) is 14.4. The zero-order valence-electron chi connectivity index (χ0n) is 17.7. The van der Waals surface area contributed by atoms with Crippen LogP contribution in [0.15, 0.2) is 29.3 Å². The van der Waals surface area contributed by atoms with Crippen LogP contribution in [0.5, 0.6) is 0 Å². The Balaban J connectivity index is 1.63. The summed E-state index contributed by atoms with van der Waals surface area (Å²) in [6.45, 7) is 5.69. The fourth-order valence-electron chi connectivity index (χ4n) is 4.55. The number of nitrogens with two attached hydrogens (primary N) is 2. The lowest BCUT2D eigenvalue weighted by Gasteiger charge is -2.42. The zero-order valence-corrected chi connectivity index (χ0v) is 17.7. The number of carbonyl (C=O) groups excluding carboxylic acids is 1. The van der Waals surface area contributed by atoms with Gasteiger partial charge in [0.25, 0.3) is 5.79 Å². The first-order valence-electron chi connectivity index (χ1n) is 10.1. The third-order valence-electron chi connectivity index (χ3n) is 6.25. The van der Waals surface area contributed by atoms with Crippen LogP contribution in [-0.2, 0) is 10.2 Å². The Bertz CT molecular complexity index is 967. The van der Waals surface area contributed by atoms with Crippen LogP contribution in [0.2, 0.25) is 0 Å². The molecule has 0 aromatic heterocycles. The standard InChI is InChI=1S/C20H28N6O5/c1-18(2,3)11-6-4-10(5-7-11)15(28)31-13-8-26-17(22)23-12(9-27)14-19(26,20(13,29)30)25-16(21)24-14/h4-7,12-14,27,29-30H,8-9H2,1-3H3,(H5,21,22,23,24,25)/p+1/t12-,13-,14-,19-/m0/s1. The SMILES string of the molecule is CC(C)(C)c1ccc(C(=O)O[C@H]2C[N+]3=C(N)N[C@@H](CO)[C@@H]4N=C(N)N[C@@]43C2(O)O)cc1. The van der Waals surface area contributed by atoms with Gasteiger partial charge in [0.2, 0.25) is 5.66 Å². The van der Waals surface area contributed by atoms with Crippen molar-refractivity contribution in [2.75, 3.05) is 13.2 Å². The third kappa shape index (κ3) is 3.03. The summed E-state index contributed by atoms with van der Waals surface area (Å²) in [5.74, 6) is -3.28. The molecule has 9 N–H and O–H groups in total. The number of aliphatic imine (C=N–C) groups is 1. The van der Waals surface area contributed by atoms with Crippen LogP contribution < -0.4 is 22.1 Å². The predicted molar refractivity (Wildman–Crippen MR) is 111 cm³/mol. The summed E-state index contributed by atoms with van der Waals surface area (Å²) in [5, 5.41) is 37.8. The van der Waals surface area contributed by atoms with Crippen molar-refractivity contribution in [3.8, 4) is 0 Å². The Hall–Kier alpha value is -2.89. The van der Waals surface area contributed by atoms with Gasteiger partial charge in [0.05, 0.1) is 12.2 Å². The van der Waals surface area contributed by atoms with Gasteiger partial charge >= 0.3 is 11.9 Å². The maximum absolute atomic E-state index is 12.8. The number of hydrogen-bond acceptors (Lipinski definition) is 10. The summed E-state index contributed by atoms with van der Waals surface area (Å²) in [4.78, 5) is 17.0. The number of aliphatic hydroxyl groups is 3. The van der Waals surface area contributed by atoms with Gasteiger partial charge in [-0.15, -0.1) is 0 Å². The van der Waals surface area contributed by atoms with Crippen molar-refractivity contribution in [3.05, 3.63) is 35.4 Å². The summed E-state index contributed by atoms with van der Waals surface area (Å²) in [5.41, 5.74) is 11.5. The maximum atomic E-state index is 12.8. The number of rotatable bonds is 3. The first kappa shape index (κ1) is 21.3. The number of ether oxygens (including phenoxy) is 1. The lowest BCUT2D eigenvalue weighted by molar-refractivity contribution is -0.623. The minimum atomic E-state index is -2.61. The molecule has 1 aromatic rings. The largest absolute Gasteiger partial charge is 0.449 e. The normalized spacial score (nSPS) is 31.3. The molecule has 0 saturated carbocycles. The average Bonchev–Trinajstić information content (AvgIpc) is 3.16. The molecule has 0 aliphatic carbocycles. The highest BCUT2D eigenvalue weighted by Gasteiger charge is 2.76. The molecule has 3 aliphatic heterocycles. The van der Waals surface area contributed by atoms with E-state index in [0.717, 1.165) is 5.56 Å². The van der Waals surface area contributed by atoms with E-state index in [1.807, 2.05) is 12.1 Å². The van der Waals surface area contributed by atoms with Crippen LogP contribution in [0, 0.1) is 0 Å². The Morgan fingerprint density at radius 2 is 1.94 bits per heavy atom. The van der Waals surface area contributed by atoms with Gasteiger partial charge in [-0.05, 0) is 23.1 Å². The summed E-state index contributed by atoms with van der Waals surface area (Å²) in [6.07, 6.45) is -1.36. The molecule has 0 amide bonds. The molecule has 0 unspecified atom stereocenters. The van der Waals surface area contributed by atoms with E-state index in [9.17, 15) is 20.1 Å². The average molecular weight is 433 g/mol. The Kier molecular flexibility index (Phi) is 4.69. The second-order valence-electron chi connectivity index (χ2n) is 9.23. The number of carbonyl (C=O) groups is 1. The lowest BCUT2D eigenvalue weighted by Crippen LogP contribution is -2.78. The minimum absolute atomic E-state index is 0.0397. The van der Waals surface area contributed by atoms with E-state index in [4.69, 9.17) is 16.2 Å². The van der Waals surface area contributed by atoms with E-state index in [1.165, 1.54) is 4.58 Å². The number of benzene rings is 1. The quantitative estimate of drug-likeness (QED) is 0.154. The van der Waals surface area contributed by atoms with E-state index in [2.05, 4.69) is 36.4 Å². The molecule has 11 nitrogen and oxygen atoms in total. The van der Waals surface area contributed by atoms with E-state index < -0.39 is 35.6 Å². The van der Waals surface area contributed by atoms with Gasteiger partial charge in [-0.3, -0.25) is 11.1 Å². The van der Waals surface area contributed by atoms with Crippen LogP contribution in [0.3, 0.4) is 0 Å². The van der Waals surface area contributed by atoms with Gasteiger partial charge in [-0.25, -0.2) is 14.4 Å². The fraction of sp³-hybridized carbons (Fsp3) is 0.550. The molecule has 1 spiro atoms. The second-order valence-corrected chi connectivity index (χ2v) is 9.23. The molecule has 1 fully saturated rings. The molecule has 3 aliphatic rings. The summed E-state index contributed by atoms with van der Waals surface area (Å²) < 4.78 is 6.94. The van der Waals surface area contributed by atoms with Crippen molar-refractivity contribution in [2.24, 2.45) is 16.5 Å². The number of aliphatic hydroxyl groups excluding tert-OH is 1. The van der Waals surface area contributed by atoms with Gasteiger partial charge in [-0.1, -0.05) is 32.9 Å². The first-order valence-corrected chi connectivity index (χ1v) is 10.1. The highest BCUT2D eigenvalue weighted by atomic mass is 16.6. The summed E-state index contributed by atoms with van der Waals surface area (Å²) >= 11 is 0. The van der Waals surface area contributed by atoms with Crippen molar-refractivity contribution in [3.63, 3.8) is 0 Å². The number of hydrogen-bond donors (Lipinski definition) is 7. The summed E-state index contributed by atoms with van der Waals surface area (Å²) in [7, 11) is 0. The predicted octanol–water partition coefficient (Wildman–Crippen LogP) is -2.52. The number of esters is 1. The molecule has 0 radical (unpaired) electrons. The van der Waals surface area contributed by atoms with Crippen molar-refractivity contribution >= 4 is 17.9 Å². The molecule has 168 valence electrons. The van der Waals surface area contributed by atoms with E-state index >= 15 is 0 Å². The number of nitrogens with zero attached hydrogens (tertiary/aromatic N) is 2. The molecule has 11 heteroatoms. The lowest BCUT2D eigenvalue weighted by atomic mass is 9.86. The van der Waals surface area contributed by atoms with Crippen molar-refractivity contribution in [1.82, 2.24) is 10.6 Å². The van der Waals surface area contributed by atoms with Gasteiger partial charge in [0.15, 0.2) is 18.1 Å². The molecule has 31 heavy (non-hydrogen) atoms. The minimum Gasteiger partial charge on any atom is -0.449 e. The zero-order chi connectivity index (χ0) is 22.8. The third-order valence-corrected chi connectivity index (χ3v) is 6.25. The number of nitrogens with one attached hydrogen (secondary N) is 2. The van der Waals surface area contributed by atoms with Gasteiger partial charge < -0.3 is 31.1 Å². The van der Waals surface area contributed by atoms with Gasteiger partial charge in [-0.2, -0.15) is 0 Å². The Morgan fingerprint density at radius 1 is 1.29 bits per heavy atom. The fourth-order valence-corrected chi connectivity index (χ4v) is 4.55. The topological polar surface area (TPSA) is 178 Å². The van der Waals surface area contributed by atoms with Crippen LogP contribution in [0.4, 0.5) is 0 Å². The molecule has 0 bridgehead atoms. The van der Waals surface area contributed by atoms with Gasteiger partial charge in [0, 0.05) is 0 Å². The van der Waals surface area contributed by atoms with Crippen LogP contribution in [0.25, 0.3) is 0 Å². The van der Waals surface area contributed by atoms with Crippen molar-refractivity contribution in [2.45, 2.75) is 55.8 Å². The van der Waals surface area contributed by atoms with Crippen LogP contribution in [-0.4, -0.2) is 80.6 Å².